The highest BCUT2D eigenvalue weighted by molar-refractivity contribution is 6.17. The average molecular weight is 719 g/mol. The van der Waals surface area contributed by atoms with Gasteiger partial charge in [-0.2, -0.15) is 0 Å². The molecule has 0 unspecified atom stereocenters. The number of benzene rings is 4. The van der Waals surface area contributed by atoms with E-state index in [9.17, 15) is 0 Å². The molecule has 0 N–H and O–H groups in total. The highest BCUT2D eigenvalue weighted by atomic mass is 14.9. The van der Waals surface area contributed by atoms with Gasteiger partial charge in [-0.15, -0.1) is 0 Å². The molecule has 12 heteroatoms. The maximum absolute atomic E-state index is 5.33. The largest absolute Gasteiger partial charge is 0.254 e. The Morgan fingerprint density at radius 1 is 0.250 bits per heavy atom. The molecule has 0 aliphatic carbocycles. The summed E-state index contributed by atoms with van der Waals surface area (Å²) in [6.07, 6.45) is 15.3. The number of fused-ring (bicyclic) bond motifs is 10. The van der Waals surface area contributed by atoms with E-state index >= 15 is 0 Å². The second-order valence-electron chi connectivity index (χ2n) is 13.4. The molecule has 0 atom stereocenters. The number of hydrogen-bond donors (Lipinski definition) is 0. The standard InChI is InChI=1S/C44H22N12/c1-2-23-3-4-24-7-11-28(54-36(24)35(23)47-13-1)33-41-43(52-20-18-50-41)34(44-42(33)51-19-21-53-44)29-12-9-26-6-5-25-8-10-27(55-37(25)38(26)56-29)32-39-30(45-14-16-48-39)22-31-40(32)49-17-15-46-31/h1-22H. The molecular weight excluding hydrogens is 697 g/mol. The zero-order chi connectivity index (χ0) is 36.7. The Labute approximate surface area is 315 Å². The molecule has 0 fully saturated rings. The smallest absolute Gasteiger partial charge is 0.101 e. The summed E-state index contributed by atoms with van der Waals surface area (Å²) in [5, 5.41) is 3.86. The fourth-order valence-corrected chi connectivity index (χ4v) is 7.80. The molecule has 0 spiro atoms. The first-order valence-electron chi connectivity index (χ1n) is 17.8. The van der Waals surface area contributed by atoms with E-state index in [2.05, 4.69) is 57.4 Å². The summed E-state index contributed by atoms with van der Waals surface area (Å²) in [6.45, 7) is 0. The molecule has 8 aromatic heterocycles. The van der Waals surface area contributed by atoms with Crippen LogP contribution in [-0.2, 0) is 0 Å². The quantitative estimate of drug-likeness (QED) is 0.127. The Hall–Kier alpha value is -8.12. The average Bonchev–Trinajstić information content (AvgIpc) is 3.26. The van der Waals surface area contributed by atoms with Gasteiger partial charge in [0, 0.05) is 77.3 Å². The number of rotatable bonds is 3. The van der Waals surface area contributed by atoms with Gasteiger partial charge in [-0.3, -0.25) is 44.9 Å². The number of hydrogen-bond acceptors (Lipinski definition) is 12. The summed E-state index contributed by atoms with van der Waals surface area (Å²) in [6, 6.07) is 26.2. The van der Waals surface area contributed by atoms with Gasteiger partial charge in [0.15, 0.2) is 0 Å². The summed E-state index contributed by atoms with van der Waals surface area (Å²) in [4.78, 5) is 58.6. The van der Waals surface area contributed by atoms with Crippen molar-refractivity contribution >= 4 is 87.7 Å². The van der Waals surface area contributed by atoms with Gasteiger partial charge in [-0.25, -0.2) is 15.0 Å². The highest BCUT2D eigenvalue weighted by Crippen LogP contribution is 2.41. The summed E-state index contributed by atoms with van der Waals surface area (Å²) < 4.78 is 0. The fourth-order valence-electron chi connectivity index (χ4n) is 7.80. The van der Waals surface area contributed by atoms with Gasteiger partial charge in [-0.05, 0) is 30.3 Å². The molecule has 4 aromatic carbocycles. The first-order valence-corrected chi connectivity index (χ1v) is 17.8. The summed E-state index contributed by atoms with van der Waals surface area (Å²) >= 11 is 0. The fraction of sp³-hybridized carbons (Fsp3) is 0. The number of aromatic nitrogens is 12. The predicted octanol–water partition coefficient (Wildman–Crippen LogP) is 8.65. The van der Waals surface area contributed by atoms with Crippen LogP contribution in [0.5, 0.6) is 0 Å². The van der Waals surface area contributed by atoms with E-state index in [1.807, 2.05) is 36.4 Å². The molecule has 12 rings (SSSR count). The number of nitrogens with zero attached hydrogens (tertiary/aromatic N) is 12. The first-order chi connectivity index (χ1) is 27.8. The summed E-state index contributed by atoms with van der Waals surface area (Å²) in [5.41, 5.74) is 12.7. The van der Waals surface area contributed by atoms with E-state index in [-0.39, 0.29) is 0 Å². The van der Waals surface area contributed by atoms with Crippen LogP contribution in [0.4, 0.5) is 0 Å². The van der Waals surface area contributed by atoms with E-state index in [0.717, 1.165) is 54.7 Å². The van der Waals surface area contributed by atoms with Crippen molar-refractivity contribution in [1.29, 1.82) is 0 Å². The highest BCUT2D eigenvalue weighted by Gasteiger charge is 2.23. The zero-order valence-electron chi connectivity index (χ0n) is 29.1. The van der Waals surface area contributed by atoms with Crippen LogP contribution in [0.1, 0.15) is 0 Å². The molecule has 8 heterocycles. The van der Waals surface area contributed by atoms with Gasteiger partial charge in [-0.1, -0.05) is 48.5 Å². The van der Waals surface area contributed by atoms with Crippen LogP contribution in [0.15, 0.2) is 135 Å². The van der Waals surface area contributed by atoms with E-state index < -0.39 is 0 Å². The lowest BCUT2D eigenvalue weighted by Gasteiger charge is -2.15. The predicted molar refractivity (Wildman–Crippen MR) is 216 cm³/mol. The van der Waals surface area contributed by atoms with Crippen LogP contribution >= 0.6 is 0 Å². The Morgan fingerprint density at radius 2 is 0.571 bits per heavy atom. The van der Waals surface area contributed by atoms with E-state index in [0.29, 0.717) is 66.8 Å². The molecule has 0 aliphatic heterocycles. The molecule has 0 saturated carbocycles. The van der Waals surface area contributed by atoms with Crippen LogP contribution < -0.4 is 0 Å². The minimum absolute atomic E-state index is 0.633. The molecule has 12 nitrogen and oxygen atoms in total. The maximum atomic E-state index is 5.33. The molecule has 56 heavy (non-hydrogen) atoms. The minimum Gasteiger partial charge on any atom is -0.254 e. The normalized spacial score (nSPS) is 11.9. The summed E-state index contributed by atoms with van der Waals surface area (Å²) in [7, 11) is 0. The molecule has 0 bridgehead atoms. The van der Waals surface area contributed by atoms with Gasteiger partial charge >= 0.3 is 0 Å². The van der Waals surface area contributed by atoms with Crippen LogP contribution in [0.3, 0.4) is 0 Å². The van der Waals surface area contributed by atoms with Crippen molar-refractivity contribution in [2.24, 2.45) is 0 Å². The second kappa shape index (κ2) is 11.7. The number of pyridine rings is 4. The van der Waals surface area contributed by atoms with E-state index in [4.69, 9.17) is 44.9 Å². The van der Waals surface area contributed by atoms with Crippen molar-refractivity contribution in [2.45, 2.75) is 0 Å². The van der Waals surface area contributed by atoms with E-state index in [1.165, 1.54) is 0 Å². The molecule has 0 amide bonds. The lowest BCUT2D eigenvalue weighted by Crippen LogP contribution is -2.00. The molecule has 258 valence electrons. The third-order valence-electron chi connectivity index (χ3n) is 10.3. The zero-order valence-corrected chi connectivity index (χ0v) is 29.1. The first kappa shape index (κ1) is 30.4. The van der Waals surface area contributed by atoms with Crippen molar-refractivity contribution in [3.8, 4) is 33.8 Å². The van der Waals surface area contributed by atoms with Crippen LogP contribution in [-0.4, -0.2) is 59.8 Å². The summed E-state index contributed by atoms with van der Waals surface area (Å²) in [5.74, 6) is 0. The molecule has 0 radical (unpaired) electrons. The van der Waals surface area contributed by atoms with E-state index in [1.54, 1.807) is 55.8 Å². The molecule has 12 aromatic rings. The van der Waals surface area contributed by atoms with Crippen molar-refractivity contribution in [3.63, 3.8) is 0 Å². The van der Waals surface area contributed by atoms with Crippen molar-refractivity contribution in [3.05, 3.63) is 135 Å². The Balaban J connectivity index is 1.11. The lowest BCUT2D eigenvalue weighted by atomic mass is 9.98. The van der Waals surface area contributed by atoms with Gasteiger partial charge in [0.2, 0.25) is 0 Å². The Kier molecular flexibility index (Phi) is 6.34. The molecule has 0 saturated heterocycles. The van der Waals surface area contributed by atoms with Crippen molar-refractivity contribution in [2.75, 3.05) is 0 Å². The second-order valence-corrected chi connectivity index (χ2v) is 13.4. The van der Waals surface area contributed by atoms with Gasteiger partial charge in [0.1, 0.15) is 33.1 Å². The van der Waals surface area contributed by atoms with Gasteiger partial charge in [0.05, 0.1) is 66.9 Å². The Bertz CT molecular complexity index is 3520. The minimum atomic E-state index is 0.633. The van der Waals surface area contributed by atoms with Gasteiger partial charge < -0.3 is 0 Å². The topological polar surface area (TPSA) is 155 Å². The maximum Gasteiger partial charge on any atom is 0.101 e. The monoisotopic (exact) mass is 718 g/mol. The SMILES string of the molecule is c1cnc2c(c1)ccc1ccc(-c3c4nccnc4c(-c4ccc5ccc6ccc(-c7c8nccnc8cc8nccnc78)nc6c5n4)c4nccnc34)nc12. The van der Waals surface area contributed by atoms with Gasteiger partial charge in [0.25, 0.3) is 0 Å². The van der Waals surface area contributed by atoms with Crippen LogP contribution in [0.2, 0.25) is 0 Å². The lowest BCUT2D eigenvalue weighted by molar-refractivity contribution is 1.25. The third-order valence-corrected chi connectivity index (χ3v) is 10.3. The van der Waals surface area contributed by atoms with Crippen molar-refractivity contribution < 1.29 is 0 Å². The van der Waals surface area contributed by atoms with Crippen LogP contribution in [0.25, 0.3) is 122 Å². The van der Waals surface area contributed by atoms with Crippen molar-refractivity contribution in [1.82, 2.24) is 59.8 Å². The molecular formula is C44H22N12. The third kappa shape index (κ3) is 4.46. The molecule has 0 aliphatic rings. The Morgan fingerprint density at radius 3 is 1.02 bits per heavy atom. The van der Waals surface area contributed by atoms with Crippen LogP contribution in [0, 0.1) is 0 Å².